The summed E-state index contributed by atoms with van der Waals surface area (Å²) in [5, 5.41) is 0.536. The van der Waals surface area contributed by atoms with Crippen molar-refractivity contribution >= 4 is 16.6 Å². The summed E-state index contributed by atoms with van der Waals surface area (Å²) in [6.07, 6.45) is 7.36. The van der Waals surface area contributed by atoms with Gasteiger partial charge in [0.25, 0.3) is 5.56 Å². The van der Waals surface area contributed by atoms with Crippen LogP contribution in [0.5, 0.6) is 0 Å². The Labute approximate surface area is 155 Å². The lowest BCUT2D eigenvalue weighted by Crippen LogP contribution is -2.21. The number of hydrogen-bond acceptors (Lipinski definition) is 3. The van der Waals surface area contributed by atoms with Gasteiger partial charge in [-0.15, -0.1) is 0 Å². The molecular formula is C22H16N4O. The highest BCUT2D eigenvalue weighted by molar-refractivity contribution is 5.72. The molecule has 0 N–H and O–H groups in total. The smallest absolute Gasteiger partial charge is 0.263 e. The third-order valence-electron chi connectivity index (χ3n) is 4.73. The number of fused-ring (bicyclic) bond motifs is 2. The number of pyridine rings is 2. The lowest BCUT2D eigenvalue weighted by molar-refractivity contribution is 0.747. The second-order valence-electron chi connectivity index (χ2n) is 6.51. The van der Waals surface area contributed by atoms with Gasteiger partial charge in [0, 0.05) is 24.1 Å². The zero-order chi connectivity index (χ0) is 18.2. The topological polar surface area (TPSA) is 52.2 Å². The average molecular weight is 352 g/mol. The van der Waals surface area contributed by atoms with E-state index in [1.165, 1.54) is 0 Å². The molecule has 0 atom stereocenters. The molecule has 0 aliphatic rings. The van der Waals surface area contributed by atoms with Crippen molar-refractivity contribution in [2.24, 2.45) is 0 Å². The van der Waals surface area contributed by atoms with Crippen LogP contribution in [0.4, 0.5) is 0 Å². The van der Waals surface area contributed by atoms with Gasteiger partial charge in [0.15, 0.2) is 5.65 Å². The number of benzene rings is 1. The van der Waals surface area contributed by atoms with E-state index < -0.39 is 0 Å². The van der Waals surface area contributed by atoms with Gasteiger partial charge in [-0.1, -0.05) is 24.3 Å². The predicted octanol–water partition coefficient (Wildman–Crippen LogP) is 3.76. The maximum Gasteiger partial charge on any atom is 0.263 e. The van der Waals surface area contributed by atoms with Crippen LogP contribution in [-0.4, -0.2) is 18.9 Å². The third-order valence-corrected chi connectivity index (χ3v) is 4.73. The van der Waals surface area contributed by atoms with E-state index in [9.17, 15) is 4.79 Å². The van der Waals surface area contributed by atoms with E-state index in [1.54, 1.807) is 29.2 Å². The van der Waals surface area contributed by atoms with Gasteiger partial charge in [-0.25, -0.2) is 9.97 Å². The van der Waals surface area contributed by atoms with Crippen LogP contribution in [0, 0.1) is 0 Å². The van der Waals surface area contributed by atoms with Crippen LogP contribution in [-0.2, 0) is 6.54 Å². The molecular weight excluding hydrogens is 336 g/mol. The van der Waals surface area contributed by atoms with E-state index >= 15 is 0 Å². The Bertz CT molecular complexity index is 1330. The van der Waals surface area contributed by atoms with Gasteiger partial charge in [-0.3, -0.25) is 9.36 Å². The van der Waals surface area contributed by atoms with Crippen molar-refractivity contribution in [2.45, 2.75) is 6.54 Å². The van der Waals surface area contributed by atoms with Gasteiger partial charge < -0.3 is 4.40 Å². The Morgan fingerprint density at radius 1 is 0.889 bits per heavy atom. The van der Waals surface area contributed by atoms with Crippen molar-refractivity contribution in [1.82, 2.24) is 18.9 Å². The zero-order valence-corrected chi connectivity index (χ0v) is 14.5. The molecule has 4 heterocycles. The van der Waals surface area contributed by atoms with E-state index in [-0.39, 0.29) is 5.56 Å². The molecule has 1 aromatic carbocycles. The minimum absolute atomic E-state index is 0.0766. The molecule has 5 heteroatoms. The molecule has 5 nitrogen and oxygen atoms in total. The molecule has 27 heavy (non-hydrogen) atoms. The number of hydrogen-bond donors (Lipinski definition) is 0. The first-order valence-corrected chi connectivity index (χ1v) is 8.74. The molecule has 0 saturated carbocycles. The summed E-state index contributed by atoms with van der Waals surface area (Å²) in [5.41, 5.74) is 4.87. The number of nitrogens with zero attached hydrogens (tertiary/aromatic N) is 4. The summed E-state index contributed by atoms with van der Waals surface area (Å²) in [7, 11) is 0. The van der Waals surface area contributed by atoms with Gasteiger partial charge in [0.2, 0.25) is 0 Å². The first kappa shape index (κ1) is 15.5. The molecule has 0 aliphatic heterocycles. The normalized spacial score (nSPS) is 11.3. The van der Waals surface area contributed by atoms with Crippen molar-refractivity contribution < 1.29 is 0 Å². The fourth-order valence-electron chi connectivity index (χ4n) is 3.36. The quantitative estimate of drug-likeness (QED) is 0.497. The van der Waals surface area contributed by atoms with E-state index in [0.29, 0.717) is 17.6 Å². The summed E-state index contributed by atoms with van der Waals surface area (Å²) >= 11 is 0. The van der Waals surface area contributed by atoms with Crippen molar-refractivity contribution in [3.8, 4) is 11.1 Å². The van der Waals surface area contributed by atoms with Crippen LogP contribution >= 0.6 is 0 Å². The Morgan fingerprint density at radius 3 is 2.81 bits per heavy atom. The Kier molecular flexibility index (Phi) is 3.57. The molecule has 130 valence electrons. The third kappa shape index (κ3) is 2.79. The molecule has 0 aliphatic carbocycles. The van der Waals surface area contributed by atoms with Crippen molar-refractivity contribution in [1.29, 1.82) is 0 Å². The van der Waals surface area contributed by atoms with Gasteiger partial charge in [-0.2, -0.15) is 0 Å². The summed E-state index contributed by atoms with van der Waals surface area (Å²) in [6, 6.07) is 20.1. The van der Waals surface area contributed by atoms with Gasteiger partial charge in [0.05, 0.1) is 11.9 Å². The van der Waals surface area contributed by atoms with Crippen LogP contribution in [0.15, 0.2) is 90.4 Å². The SMILES string of the molecule is O=c1c2cccnc2ncn1Cc1cccc(-c2ccc3cccn3c2)c1. The highest BCUT2D eigenvalue weighted by Gasteiger charge is 2.06. The van der Waals surface area contributed by atoms with E-state index in [1.807, 2.05) is 24.4 Å². The summed E-state index contributed by atoms with van der Waals surface area (Å²) in [6.45, 7) is 0.469. The summed E-state index contributed by atoms with van der Waals surface area (Å²) in [5.74, 6) is 0. The van der Waals surface area contributed by atoms with Crippen molar-refractivity contribution in [3.63, 3.8) is 0 Å². The highest BCUT2D eigenvalue weighted by Crippen LogP contribution is 2.22. The molecule has 5 aromatic rings. The fraction of sp³-hybridized carbons (Fsp3) is 0.0455. The second-order valence-corrected chi connectivity index (χ2v) is 6.51. The first-order chi connectivity index (χ1) is 13.3. The Morgan fingerprint density at radius 2 is 1.85 bits per heavy atom. The molecule has 0 bridgehead atoms. The van der Waals surface area contributed by atoms with Crippen molar-refractivity contribution in [2.75, 3.05) is 0 Å². The Balaban J connectivity index is 1.52. The maximum atomic E-state index is 12.7. The highest BCUT2D eigenvalue weighted by atomic mass is 16.1. The molecule has 0 fully saturated rings. The zero-order valence-electron chi connectivity index (χ0n) is 14.5. The largest absolute Gasteiger partial charge is 0.323 e. The number of aromatic nitrogens is 4. The molecule has 0 saturated heterocycles. The standard InChI is InChI=1S/C22H16N4O/c27-22-20-7-2-10-23-21(20)24-15-26(22)13-16-4-1-5-17(12-16)18-8-9-19-6-3-11-25(19)14-18/h1-12,14-15H,13H2. The monoisotopic (exact) mass is 352 g/mol. The minimum Gasteiger partial charge on any atom is -0.323 e. The maximum absolute atomic E-state index is 12.7. The van der Waals surface area contributed by atoms with Crippen molar-refractivity contribution in [3.05, 3.63) is 101 Å². The number of rotatable bonds is 3. The summed E-state index contributed by atoms with van der Waals surface area (Å²) < 4.78 is 3.73. The fourth-order valence-corrected chi connectivity index (χ4v) is 3.36. The van der Waals surface area contributed by atoms with Gasteiger partial charge in [0.1, 0.15) is 6.33 Å². The predicted molar refractivity (Wildman–Crippen MR) is 106 cm³/mol. The van der Waals surface area contributed by atoms with Crippen LogP contribution in [0.1, 0.15) is 5.56 Å². The Hall–Kier alpha value is -3.73. The van der Waals surface area contributed by atoms with Crippen LogP contribution in [0.3, 0.4) is 0 Å². The summed E-state index contributed by atoms with van der Waals surface area (Å²) in [4.78, 5) is 21.1. The second kappa shape index (κ2) is 6.21. The van der Waals surface area contributed by atoms with Crippen LogP contribution in [0.25, 0.3) is 27.7 Å². The molecule has 0 radical (unpaired) electrons. The minimum atomic E-state index is -0.0766. The molecule has 0 unspecified atom stereocenters. The average Bonchev–Trinajstić information content (AvgIpc) is 3.18. The van der Waals surface area contributed by atoms with E-state index in [4.69, 9.17) is 0 Å². The lowest BCUT2D eigenvalue weighted by atomic mass is 10.0. The van der Waals surface area contributed by atoms with E-state index in [0.717, 1.165) is 22.2 Å². The lowest BCUT2D eigenvalue weighted by Gasteiger charge is -2.09. The van der Waals surface area contributed by atoms with Crippen LogP contribution in [0.2, 0.25) is 0 Å². The van der Waals surface area contributed by atoms with Crippen LogP contribution < -0.4 is 5.56 Å². The molecule has 4 aromatic heterocycles. The van der Waals surface area contributed by atoms with E-state index in [2.05, 4.69) is 50.9 Å². The van der Waals surface area contributed by atoms with Gasteiger partial charge in [-0.05, 0) is 53.1 Å². The molecule has 0 amide bonds. The molecule has 5 rings (SSSR count). The van der Waals surface area contributed by atoms with Gasteiger partial charge >= 0.3 is 0 Å². The first-order valence-electron chi connectivity index (χ1n) is 8.74. The molecule has 0 spiro atoms.